The van der Waals surface area contributed by atoms with Crippen LogP contribution in [-0.4, -0.2) is 18.4 Å². The third-order valence-electron chi connectivity index (χ3n) is 2.64. The fourth-order valence-corrected chi connectivity index (χ4v) is 1.57. The first-order valence-electron chi connectivity index (χ1n) is 5.84. The Hall–Kier alpha value is -1.62. The molecule has 0 aliphatic rings. The van der Waals surface area contributed by atoms with Gasteiger partial charge in [-0.05, 0) is 38.1 Å². The molecule has 0 heterocycles. The number of rotatable bonds is 5. The second-order valence-electron chi connectivity index (χ2n) is 4.58. The van der Waals surface area contributed by atoms with Gasteiger partial charge in [-0.3, -0.25) is 9.59 Å². The number of carbonyl (C=O) groups excluding carboxylic acids is 2. The van der Waals surface area contributed by atoms with E-state index in [0.29, 0.717) is 12.2 Å². The Bertz CT molecular complexity index is 481. The van der Waals surface area contributed by atoms with Crippen LogP contribution in [0.15, 0.2) is 41.4 Å². The SMILES string of the molecule is C=CCNC(=O)C(C)(C)C(=O)Nc1ccc(Br)cc1. The Balaban J connectivity index is 2.72. The molecule has 0 aliphatic heterocycles. The third-order valence-corrected chi connectivity index (χ3v) is 3.17. The van der Waals surface area contributed by atoms with Gasteiger partial charge in [0.05, 0.1) is 0 Å². The van der Waals surface area contributed by atoms with Crippen molar-refractivity contribution in [2.45, 2.75) is 13.8 Å². The van der Waals surface area contributed by atoms with Gasteiger partial charge >= 0.3 is 0 Å². The summed E-state index contributed by atoms with van der Waals surface area (Å²) >= 11 is 3.32. The molecule has 5 heteroatoms. The lowest BCUT2D eigenvalue weighted by molar-refractivity contribution is -0.138. The lowest BCUT2D eigenvalue weighted by Crippen LogP contribution is -2.45. The van der Waals surface area contributed by atoms with Crippen molar-refractivity contribution in [1.29, 1.82) is 0 Å². The van der Waals surface area contributed by atoms with Crippen LogP contribution in [0.3, 0.4) is 0 Å². The highest BCUT2D eigenvalue weighted by Gasteiger charge is 2.35. The Morgan fingerprint density at radius 2 is 1.84 bits per heavy atom. The molecule has 0 saturated carbocycles. The molecule has 1 aromatic rings. The van der Waals surface area contributed by atoms with E-state index in [2.05, 4.69) is 33.1 Å². The summed E-state index contributed by atoms with van der Waals surface area (Å²) in [5, 5.41) is 5.34. The average molecular weight is 325 g/mol. The first-order chi connectivity index (χ1) is 8.87. The number of halogens is 1. The van der Waals surface area contributed by atoms with Crippen LogP contribution in [0.1, 0.15) is 13.8 Å². The predicted molar refractivity (Wildman–Crippen MR) is 79.8 cm³/mol. The fourth-order valence-electron chi connectivity index (χ4n) is 1.31. The molecular weight excluding hydrogens is 308 g/mol. The van der Waals surface area contributed by atoms with E-state index in [1.807, 2.05) is 12.1 Å². The molecule has 0 saturated heterocycles. The van der Waals surface area contributed by atoms with Gasteiger partial charge in [-0.1, -0.05) is 22.0 Å². The van der Waals surface area contributed by atoms with Gasteiger partial charge in [0, 0.05) is 16.7 Å². The quantitative estimate of drug-likeness (QED) is 0.646. The molecule has 0 spiro atoms. The highest BCUT2D eigenvalue weighted by atomic mass is 79.9. The summed E-state index contributed by atoms with van der Waals surface area (Å²) < 4.78 is 0.925. The van der Waals surface area contributed by atoms with E-state index in [-0.39, 0.29) is 11.8 Å². The van der Waals surface area contributed by atoms with Crippen LogP contribution in [0.25, 0.3) is 0 Å². The molecule has 2 N–H and O–H groups in total. The van der Waals surface area contributed by atoms with Crippen molar-refractivity contribution in [1.82, 2.24) is 5.32 Å². The largest absolute Gasteiger partial charge is 0.352 e. The molecule has 4 nitrogen and oxygen atoms in total. The van der Waals surface area contributed by atoms with Gasteiger partial charge in [-0.15, -0.1) is 6.58 Å². The molecule has 19 heavy (non-hydrogen) atoms. The molecule has 1 rings (SSSR count). The zero-order chi connectivity index (χ0) is 14.5. The number of benzene rings is 1. The number of nitrogens with one attached hydrogen (secondary N) is 2. The van der Waals surface area contributed by atoms with Gasteiger partial charge in [0.15, 0.2) is 0 Å². The van der Waals surface area contributed by atoms with Crippen LogP contribution < -0.4 is 10.6 Å². The molecule has 1 aromatic carbocycles. The zero-order valence-electron chi connectivity index (χ0n) is 11.0. The second kappa shape index (κ2) is 6.52. The fraction of sp³-hybridized carbons (Fsp3) is 0.286. The van der Waals surface area contributed by atoms with Gasteiger partial charge < -0.3 is 10.6 Å². The molecule has 2 amide bonds. The predicted octanol–water partition coefficient (Wildman–Crippen LogP) is 2.72. The van der Waals surface area contributed by atoms with E-state index < -0.39 is 5.41 Å². The zero-order valence-corrected chi connectivity index (χ0v) is 12.6. The Labute approximate surface area is 121 Å². The number of anilines is 1. The lowest BCUT2D eigenvalue weighted by Gasteiger charge is -2.22. The smallest absolute Gasteiger partial charge is 0.239 e. The average Bonchev–Trinajstić information content (AvgIpc) is 2.38. The van der Waals surface area contributed by atoms with Crippen LogP contribution in [0, 0.1) is 5.41 Å². The minimum Gasteiger partial charge on any atom is -0.352 e. The van der Waals surface area contributed by atoms with E-state index in [1.54, 1.807) is 32.1 Å². The molecule has 0 atom stereocenters. The summed E-state index contributed by atoms with van der Waals surface area (Å²) in [6.45, 7) is 7.02. The van der Waals surface area contributed by atoms with Crippen molar-refractivity contribution in [3.05, 3.63) is 41.4 Å². The van der Waals surface area contributed by atoms with E-state index in [9.17, 15) is 9.59 Å². The Morgan fingerprint density at radius 1 is 1.26 bits per heavy atom. The maximum absolute atomic E-state index is 12.1. The van der Waals surface area contributed by atoms with Crippen molar-refractivity contribution in [3.63, 3.8) is 0 Å². The second-order valence-corrected chi connectivity index (χ2v) is 5.50. The van der Waals surface area contributed by atoms with Crippen LogP contribution in [0.4, 0.5) is 5.69 Å². The van der Waals surface area contributed by atoms with Crippen molar-refractivity contribution in [3.8, 4) is 0 Å². The molecule has 0 unspecified atom stereocenters. The van der Waals surface area contributed by atoms with Crippen LogP contribution in [0.2, 0.25) is 0 Å². The first kappa shape index (κ1) is 15.4. The first-order valence-corrected chi connectivity index (χ1v) is 6.63. The van der Waals surface area contributed by atoms with Crippen molar-refractivity contribution in [2.75, 3.05) is 11.9 Å². The monoisotopic (exact) mass is 324 g/mol. The number of amides is 2. The summed E-state index contributed by atoms with van der Waals surface area (Å²) in [4.78, 5) is 24.0. The maximum Gasteiger partial charge on any atom is 0.239 e. The third kappa shape index (κ3) is 4.21. The van der Waals surface area contributed by atoms with Gasteiger partial charge in [-0.2, -0.15) is 0 Å². The maximum atomic E-state index is 12.1. The summed E-state index contributed by atoms with van der Waals surface area (Å²) in [7, 11) is 0. The summed E-state index contributed by atoms with van der Waals surface area (Å²) in [6, 6.07) is 7.17. The molecule has 0 aliphatic carbocycles. The summed E-state index contributed by atoms with van der Waals surface area (Å²) in [5.74, 6) is -0.682. The molecule has 0 bridgehead atoms. The van der Waals surface area contributed by atoms with Gasteiger partial charge in [0.2, 0.25) is 11.8 Å². The van der Waals surface area contributed by atoms with Crippen molar-refractivity contribution in [2.24, 2.45) is 5.41 Å². The topological polar surface area (TPSA) is 58.2 Å². The molecular formula is C14H17BrN2O2. The highest BCUT2D eigenvalue weighted by molar-refractivity contribution is 9.10. The lowest BCUT2D eigenvalue weighted by atomic mass is 9.91. The van der Waals surface area contributed by atoms with E-state index in [0.717, 1.165) is 4.47 Å². The Kier molecular flexibility index (Phi) is 5.30. The van der Waals surface area contributed by atoms with Gasteiger partial charge in [0.25, 0.3) is 0 Å². The van der Waals surface area contributed by atoms with Crippen LogP contribution in [-0.2, 0) is 9.59 Å². The molecule has 0 radical (unpaired) electrons. The Morgan fingerprint density at radius 3 is 2.37 bits per heavy atom. The number of hydrogen-bond donors (Lipinski definition) is 2. The number of carbonyl (C=O) groups is 2. The molecule has 0 aromatic heterocycles. The van der Waals surface area contributed by atoms with Gasteiger partial charge in [0.1, 0.15) is 5.41 Å². The molecule has 102 valence electrons. The van der Waals surface area contributed by atoms with Crippen LogP contribution >= 0.6 is 15.9 Å². The van der Waals surface area contributed by atoms with E-state index in [1.165, 1.54) is 0 Å². The normalized spacial score (nSPS) is 10.7. The summed E-state index contributed by atoms with van der Waals surface area (Å²) in [5.41, 5.74) is -0.492. The van der Waals surface area contributed by atoms with E-state index >= 15 is 0 Å². The highest BCUT2D eigenvalue weighted by Crippen LogP contribution is 2.20. The van der Waals surface area contributed by atoms with Crippen molar-refractivity contribution < 1.29 is 9.59 Å². The minimum absolute atomic E-state index is 0.331. The van der Waals surface area contributed by atoms with Gasteiger partial charge in [-0.25, -0.2) is 0 Å². The minimum atomic E-state index is -1.14. The van der Waals surface area contributed by atoms with E-state index in [4.69, 9.17) is 0 Å². The number of hydrogen-bond acceptors (Lipinski definition) is 2. The molecule has 0 fully saturated rings. The van der Waals surface area contributed by atoms with Crippen molar-refractivity contribution >= 4 is 33.4 Å². The standard InChI is InChI=1S/C14H17BrN2O2/c1-4-9-16-12(18)14(2,3)13(19)17-11-7-5-10(15)6-8-11/h4-8H,1,9H2,2-3H3,(H,16,18)(H,17,19). The summed E-state index contributed by atoms with van der Waals surface area (Å²) in [6.07, 6.45) is 1.57. The van der Waals surface area contributed by atoms with Crippen LogP contribution in [0.5, 0.6) is 0 Å².